The van der Waals surface area contributed by atoms with E-state index in [0.717, 1.165) is 21.6 Å². The Hall–Kier alpha value is -1.98. The smallest absolute Gasteiger partial charge is 0.329 e. The van der Waals surface area contributed by atoms with Crippen LogP contribution in [0.1, 0.15) is 0 Å². The lowest BCUT2D eigenvalue weighted by Crippen LogP contribution is -2.16. The lowest BCUT2D eigenvalue weighted by molar-refractivity contribution is 0.580. The van der Waals surface area contributed by atoms with Gasteiger partial charge in [-0.2, -0.15) is 4.98 Å². The number of fused-ring (bicyclic) bond motifs is 1. The second-order valence-electron chi connectivity index (χ2n) is 5.07. The molecule has 0 aliphatic rings. The first-order valence-electron chi connectivity index (χ1n) is 6.69. The van der Waals surface area contributed by atoms with Crippen LogP contribution >= 0.6 is 0 Å². The van der Waals surface area contributed by atoms with Crippen molar-refractivity contribution in [1.29, 1.82) is 0 Å². The van der Waals surface area contributed by atoms with Crippen molar-refractivity contribution in [3.8, 4) is 0 Å². The van der Waals surface area contributed by atoms with Crippen molar-refractivity contribution in [3.05, 3.63) is 48.5 Å². The van der Waals surface area contributed by atoms with Crippen molar-refractivity contribution in [2.24, 2.45) is 7.05 Å². The van der Waals surface area contributed by atoms with Crippen molar-refractivity contribution in [2.45, 2.75) is 10.1 Å². The van der Waals surface area contributed by atoms with E-state index in [0.29, 0.717) is 5.16 Å². The van der Waals surface area contributed by atoms with E-state index in [-0.39, 0.29) is 0 Å². The van der Waals surface area contributed by atoms with E-state index in [1.165, 1.54) is 0 Å². The Kier molecular flexibility index (Phi) is 3.61. The Morgan fingerprint density at radius 3 is 2.43 bits per heavy atom. The van der Waals surface area contributed by atoms with E-state index in [4.69, 9.17) is 0 Å². The maximum atomic E-state index is 13.0. The first-order chi connectivity index (χ1) is 10.1. The van der Waals surface area contributed by atoms with Crippen LogP contribution in [0.15, 0.2) is 58.6 Å². The lowest BCUT2D eigenvalue weighted by atomic mass is 10.3. The largest absolute Gasteiger partial charge is 0.604 e. The Morgan fingerprint density at radius 1 is 1.05 bits per heavy atom. The van der Waals surface area contributed by atoms with Gasteiger partial charge in [0.05, 0.1) is 27.9 Å². The summed E-state index contributed by atoms with van der Waals surface area (Å²) < 4.78 is 14.9. The van der Waals surface area contributed by atoms with Crippen LogP contribution < -0.4 is 4.90 Å². The lowest BCUT2D eigenvalue weighted by Gasteiger charge is -2.17. The summed E-state index contributed by atoms with van der Waals surface area (Å²) in [5.41, 5.74) is 2.80. The average molecular weight is 299 g/mol. The molecule has 3 rings (SSSR count). The molecule has 1 atom stereocenters. The van der Waals surface area contributed by atoms with Gasteiger partial charge in [-0.3, -0.25) is 4.57 Å². The molecular formula is C16H17N3OS. The molecule has 0 aliphatic heterocycles. The van der Waals surface area contributed by atoms with Crippen molar-refractivity contribution < 1.29 is 4.55 Å². The van der Waals surface area contributed by atoms with Crippen molar-refractivity contribution in [3.63, 3.8) is 0 Å². The zero-order valence-electron chi connectivity index (χ0n) is 12.3. The minimum Gasteiger partial charge on any atom is -0.604 e. The van der Waals surface area contributed by atoms with Gasteiger partial charge in [-0.25, -0.2) is 0 Å². The summed E-state index contributed by atoms with van der Waals surface area (Å²) in [5, 5.41) is 0.575. The molecule has 0 spiro atoms. The molecule has 0 saturated heterocycles. The minimum atomic E-state index is -1.31. The van der Waals surface area contributed by atoms with Gasteiger partial charge in [0.25, 0.3) is 0 Å². The van der Waals surface area contributed by atoms with Gasteiger partial charge in [0.15, 0.2) is 4.90 Å². The molecule has 0 saturated carbocycles. The molecule has 21 heavy (non-hydrogen) atoms. The molecule has 4 nitrogen and oxygen atoms in total. The van der Waals surface area contributed by atoms with Crippen LogP contribution in [0.25, 0.3) is 11.0 Å². The van der Waals surface area contributed by atoms with Crippen LogP contribution in [0.2, 0.25) is 0 Å². The molecule has 0 fully saturated rings. The predicted octanol–water partition coefficient (Wildman–Crippen LogP) is 2.81. The fourth-order valence-corrected chi connectivity index (χ4v) is 3.74. The molecule has 0 amide bonds. The summed E-state index contributed by atoms with van der Waals surface area (Å²) in [6.07, 6.45) is 0. The first kappa shape index (κ1) is 14.0. The third-order valence-electron chi connectivity index (χ3n) is 3.46. The van der Waals surface area contributed by atoms with Crippen LogP contribution in [0.4, 0.5) is 5.69 Å². The molecular weight excluding hydrogens is 282 g/mol. The highest BCUT2D eigenvalue weighted by molar-refractivity contribution is 7.91. The van der Waals surface area contributed by atoms with Gasteiger partial charge in [-0.05, 0) is 24.3 Å². The van der Waals surface area contributed by atoms with Crippen LogP contribution in [0.5, 0.6) is 0 Å². The van der Waals surface area contributed by atoms with E-state index < -0.39 is 11.2 Å². The van der Waals surface area contributed by atoms with Crippen LogP contribution in [-0.4, -0.2) is 28.2 Å². The number of anilines is 1. The summed E-state index contributed by atoms with van der Waals surface area (Å²) in [6, 6.07) is 15.5. The summed E-state index contributed by atoms with van der Waals surface area (Å²) in [5.74, 6) is 0. The van der Waals surface area contributed by atoms with E-state index in [1.807, 2.05) is 79.1 Å². The number of para-hydroxylation sites is 3. The molecule has 0 aliphatic carbocycles. The van der Waals surface area contributed by atoms with Crippen molar-refractivity contribution in [1.82, 2.24) is 9.55 Å². The van der Waals surface area contributed by atoms with Gasteiger partial charge in [-0.1, -0.05) is 24.3 Å². The molecule has 108 valence electrons. The fourth-order valence-electron chi connectivity index (χ4n) is 2.37. The zero-order valence-corrected chi connectivity index (χ0v) is 13.1. The highest BCUT2D eigenvalue weighted by Gasteiger charge is 2.25. The fraction of sp³-hybridized carbons (Fsp3) is 0.188. The van der Waals surface area contributed by atoms with Gasteiger partial charge in [0, 0.05) is 21.1 Å². The average Bonchev–Trinajstić information content (AvgIpc) is 2.84. The minimum absolute atomic E-state index is 0.575. The molecule has 1 aromatic heterocycles. The molecule has 1 unspecified atom stereocenters. The normalized spacial score (nSPS) is 12.6. The third-order valence-corrected chi connectivity index (χ3v) is 4.90. The van der Waals surface area contributed by atoms with Gasteiger partial charge in [-0.15, -0.1) is 0 Å². The maximum absolute atomic E-state index is 13.0. The first-order valence-corrected chi connectivity index (χ1v) is 7.84. The van der Waals surface area contributed by atoms with E-state index in [1.54, 1.807) is 0 Å². The van der Waals surface area contributed by atoms with Gasteiger partial charge in [0.1, 0.15) is 0 Å². The van der Waals surface area contributed by atoms with Crippen molar-refractivity contribution >= 4 is 27.9 Å². The molecule has 0 N–H and O–H groups in total. The highest BCUT2D eigenvalue weighted by Crippen LogP contribution is 2.30. The molecule has 0 bridgehead atoms. The molecule has 0 radical (unpaired) electrons. The predicted molar refractivity (Wildman–Crippen MR) is 86.2 cm³/mol. The van der Waals surface area contributed by atoms with Crippen molar-refractivity contribution in [2.75, 3.05) is 19.0 Å². The molecule has 2 aromatic carbocycles. The number of hydrogen-bond donors (Lipinski definition) is 0. The summed E-state index contributed by atoms with van der Waals surface area (Å²) in [6.45, 7) is 0. The second-order valence-corrected chi connectivity index (χ2v) is 6.42. The van der Waals surface area contributed by atoms with Gasteiger partial charge >= 0.3 is 5.16 Å². The molecule has 1 heterocycles. The Balaban J connectivity index is 2.13. The number of aromatic nitrogens is 2. The molecule has 3 aromatic rings. The number of aryl methyl sites for hydroxylation is 1. The summed E-state index contributed by atoms with van der Waals surface area (Å²) in [7, 11) is 5.80. The topological polar surface area (TPSA) is 44.1 Å². The van der Waals surface area contributed by atoms with Crippen LogP contribution in [-0.2, 0) is 18.2 Å². The molecule has 5 heteroatoms. The third kappa shape index (κ3) is 2.39. The van der Waals surface area contributed by atoms with E-state index in [2.05, 4.69) is 4.98 Å². The zero-order chi connectivity index (χ0) is 15.0. The summed E-state index contributed by atoms with van der Waals surface area (Å²) >= 11 is -1.31. The van der Waals surface area contributed by atoms with Crippen LogP contribution in [0, 0.1) is 0 Å². The Bertz CT molecular complexity index is 782. The number of hydrogen-bond acceptors (Lipinski definition) is 3. The number of imidazole rings is 1. The SMILES string of the molecule is CN(C)c1ccccc1[S+]([O-])c1nc2ccccc2n1C. The highest BCUT2D eigenvalue weighted by atomic mass is 32.2. The summed E-state index contributed by atoms with van der Waals surface area (Å²) in [4.78, 5) is 7.28. The standard InChI is InChI=1S/C16H17N3OS/c1-18(2)14-10-6-7-11-15(14)21(20)16-17-12-8-4-5-9-13(12)19(16)3/h4-11H,1-3H3. The second kappa shape index (κ2) is 5.42. The maximum Gasteiger partial charge on any atom is 0.329 e. The Morgan fingerprint density at radius 2 is 1.71 bits per heavy atom. The number of rotatable bonds is 3. The Labute approximate surface area is 127 Å². The van der Waals surface area contributed by atoms with E-state index >= 15 is 0 Å². The quantitative estimate of drug-likeness (QED) is 0.699. The van der Waals surface area contributed by atoms with E-state index in [9.17, 15) is 4.55 Å². The van der Waals surface area contributed by atoms with Crippen LogP contribution in [0.3, 0.4) is 0 Å². The number of nitrogens with zero attached hydrogens (tertiary/aromatic N) is 3. The number of benzene rings is 2. The van der Waals surface area contributed by atoms with Gasteiger partial charge < -0.3 is 9.45 Å². The van der Waals surface area contributed by atoms with Gasteiger partial charge in [0.2, 0.25) is 0 Å². The monoisotopic (exact) mass is 299 g/mol.